The predicted molar refractivity (Wildman–Crippen MR) is 142 cm³/mol. The molecule has 3 aliphatic heterocycles. The van der Waals surface area contributed by atoms with E-state index in [1.807, 2.05) is 6.07 Å². The van der Waals surface area contributed by atoms with Crippen LogP contribution >= 0.6 is 0 Å². The Balaban J connectivity index is 1.35. The van der Waals surface area contributed by atoms with Crippen LogP contribution in [-0.4, -0.2) is 78.4 Å². The number of ether oxygens (including phenoxy) is 1. The highest BCUT2D eigenvalue weighted by atomic mass is 16.5. The molecule has 0 radical (unpaired) electrons. The Labute approximate surface area is 228 Å². The van der Waals surface area contributed by atoms with Gasteiger partial charge in [0.25, 0.3) is 5.91 Å². The van der Waals surface area contributed by atoms with Gasteiger partial charge in [-0.25, -0.2) is 0 Å². The van der Waals surface area contributed by atoms with Crippen LogP contribution in [0.4, 0.5) is 0 Å². The first-order chi connectivity index (χ1) is 18.8. The van der Waals surface area contributed by atoms with E-state index in [2.05, 4.69) is 21.3 Å². The molecule has 4 rings (SSSR count). The molecule has 212 valence electrons. The lowest BCUT2D eigenvalue weighted by Crippen LogP contribution is -2.57. The van der Waals surface area contributed by atoms with E-state index in [4.69, 9.17) is 4.74 Å². The van der Waals surface area contributed by atoms with Crippen LogP contribution in [0.2, 0.25) is 0 Å². The molecule has 0 aliphatic carbocycles. The first-order valence-electron chi connectivity index (χ1n) is 13.9. The summed E-state index contributed by atoms with van der Waals surface area (Å²) in [6, 6.07) is 5.29. The number of hydrogen-bond acceptors (Lipinski definition) is 7. The van der Waals surface area contributed by atoms with Gasteiger partial charge in [0.15, 0.2) is 0 Å². The van der Waals surface area contributed by atoms with E-state index in [1.54, 1.807) is 37.1 Å². The number of esters is 1. The van der Waals surface area contributed by atoms with Crippen molar-refractivity contribution >= 4 is 29.6 Å². The average molecular weight is 542 g/mol. The van der Waals surface area contributed by atoms with E-state index in [0.717, 1.165) is 31.2 Å². The molecule has 1 aromatic rings. The number of cyclic esters (lactones) is 1. The zero-order chi connectivity index (χ0) is 27.9. The number of carbonyl (C=O) groups excluding carboxylic acids is 5. The second kappa shape index (κ2) is 13.1. The summed E-state index contributed by atoms with van der Waals surface area (Å²) in [7, 11) is 1.69. The fourth-order valence-corrected chi connectivity index (χ4v) is 5.52. The van der Waals surface area contributed by atoms with Crippen molar-refractivity contribution in [2.24, 2.45) is 0 Å². The normalized spacial score (nSPS) is 25.6. The third-order valence-electron chi connectivity index (χ3n) is 7.90. The molecule has 0 aromatic heterocycles. The molecular formula is C28H39N5O6. The van der Waals surface area contributed by atoms with Crippen LogP contribution in [0, 0.1) is 0 Å². The van der Waals surface area contributed by atoms with E-state index < -0.39 is 18.1 Å². The molecule has 0 bridgehead atoms. The van der Waals surface area contributed by atoms with E-state index in [-0.39, 0.29) is 54.8 Å². The standard InChI is InChI=1S/C28H39N5O6/c1-17(29-2)25(35)32-22-9-4-3-8-20-10-12-23(33(20)28(22)38)27(37)30-15-18-6-5-7-19(14-18)26(36)31-16-21-11-13-24(34)39-21/h5-7,14,17,20-23,29H,3-4,8-13,15-16H2,1-2H3,(H,30,37)(H,31,36)(H,32,35)/t17?,20-,21?,22-,23-/m0/s1. The maximum absolute atomic E-state index is 13.5. The van der Waals surface area contributed by atoms with Gasteiger partial charge in [-0.15, -0.1) is 0 Å². The SMILES string of the molecule is CNC(C)C(=O)N[C@H]1CCCC[C@H]2CC[C@@H](C(=O)NCc3cccc(C(=O)NCC4CCC(=O)O4)c3)N2C1=O. The summed E-state index contributed by atoms with van der Waals surface area (Å²) in [4.78, 5) is 64.8. The van der Waals surface area contributed by atoms with Crippen molar-refractivity contribution in [1.82, 2.24) is 26.2 Å². The van der Waals surface area contributed by atoms with Crippen LogP contribution in [0.25, 0.3) is 0 Å². The van der Waals surface area contributed by atoms with Crippen LogP contribution in [0.15, 0.2) is 24.3 Å². The predicted octanol–water partition coefficient (Wildman–Crippen LogP) is 0.765. The molecule has 1 aromatic carbocycles. The van der Waals surface area contributed by atoms with Crippen LogP contribution < -0.4 is 21.3 Å². The van der Waals surface area contributed by atoms with Crippen LogP contribution in [0.3, 0.4) is 0 Å². The van der Waals surface area contributed by atoms with Crippen molar-refractivity contribution in [3.63, 3.8) is 0 Å². The Bertz CT molecular complexity index is 1090. The number of carbonyl (C=O) groups is 5. The first kappa shape index (κ1) is 28.5. The second-order valence-corrected chi connectivity index (χ2v) is 10.6. The number of hydrogen-bond donors (Lipinski definition) is 4. The van der Waals surface area contributed by atoms with Gasteiger partial charge in [-0.05, 0) is 63.8 Å². The van der Waals surface area contributed by atoms with Gasteiger partial charge < -0.3 is 30.9 Å². The molecule has 2 unspecified atom stereocenters. The maximum Gasteiger partial charge on any atom is 0.306 e. The lowest BCUT2D eigenvalue weighted by Gasteiger charge is -2.35. The fraction of sp³-hybridized carbons (Fsp3) is 0.607. The van der Waals surface area contributed by atoms with Crippen molar-refractivity contribution in [3.05, 3.63) is 35.4 Å². The van der Waals surface area contributed by atoms with Crippen molar-refractivity contribution in [2.75, 3.05) is 13.6 Å². The number of rotatable bonds is 9. The summed E-state index contributed by atoms with van der Waals surface area (Å²) in [5, 5.41) is 11.5. The summed E-state index contributed by atoms with van der Waals surface area (Å²) in [5.74, 6) is -1.20. The zero-order valence-electron chi connectivity index (χ0n) is 22.7. The van der Waals surface area contributed by atoms with E-state index >= 15 is 0 Å². The van der Waals surface area contributed by atoms with Gasteiger partial charge in [0, 0.05) is 24.6 Å². The zero-order valence-corrected chi connectivity index (χ0v) is 22.7. The van der Waals surface area contributed by atoms with Crippen LogP contribution in [0.1, 0.15) is 74.2 Å². The molecule has 0 spiro atoms. The highest BCUT2D eigenvalue weighted by Gasteiger charge is 2.43. The van der Waals surface area contributed by atoms with Gasteiger partial charge in [0.2, 0.25) is 17.7 Å². The van der Waals surface area contributed by atoms with Gasteiger partial charge in [-0.2, -0.15) is 0 Å². The molecule has 11 heteroatoms. The van der Waals surface area contributed by atoms with E-state index in [9.17, 15) is 24.0 Å². The quantitative estimate of drug-likeness (QED) is 0.338. The largest absolute Gasteiger partial charge is 0.460 e. The Morgan fingerprint density at radius 3 is 2.59 bits per heavy atom. The van der Waals surface area contributed by atoms with Crippen LogP contribution in [-0.2, 0) is 30.5 Å². The van der Waals surface area contributed by atoms with Crippen molar-refractivity contribution in [1.29, 1.82) is 0 Å². The third-order valence-corrected chi connectivity index (χ3v) is 7.90. The van der Waals surface area contributed by atoms with Crippen LogP contribution in [0.5, 0.6) is 0 Å². The summed E-state index contributed by atoms with van der Waals surface area (Å²) < 4.78 is 5.13. The Hall–Kier alpha value is -3.47. The minimum Gasteiger partial charge on any atom is -0.460 e. The Kier molecular flexibility index (Phi) is 9.55. The van der Waals surface area contributed by atoms with Gasteiger partial charge in [0.05, 0.1) is 12.6 Å². The molecule has 11 nitrogen and oxygen atoms in total. The molecule has 5 atom stereocenters. The topological polar surface area (TPSA) is 146 Å². The lowest BCUT2D eigenvalue weighted by atomic mass is 9.98. The maximum atomic E-state index is 13.5. The molecule has 3 saturated heterocycles. The van der Waals surface area contributed by atoms with Gasteiger partial charge >= 0.3 is 5.97 Å². The minimum atomic E-state index is -0.646. The van der Waals surface area contributed by atoms with Crippen molar-refractivity contribution in [2.45, 2.75) is 95.1 Å². The van der Waals surface area contributed by atoms with Gasteiger partial charge in [0.1, 0.15) is 18.2 Å². The Morgan fingerprint density at radius 2 is 1.85 bits per heavy atom. The molecule has 4 amide bonds. The second-order valence-electron chi connectivity index (χ2n) is 10.6. The van der Waals surface area contributed by atoms with Crippen molar-refractivity contribution in [3.8, 4) is 0 Å². The number of fused-ring (bicyclic) bond motifs is 1. The summed E-state index contributed by atoms with van der Waals surface area (Å²) in [5.41, 5.74) is 1.20. The monoisotopic (exact) mass is 541 g/mol. The number of benzene rings is 1. The summed E-state index contributed by atoms with van der Waals surface area (Å²) in [6.07, 6.45) is 5.17. The first-order valence-corrected chi connectivity index (χ1v) is 13.9. The number of nitrogens with one attached hydrogen (secondary N) is 4. The molecule has 3 aliphatic rings. The lowest BCUT2D eigenvalue weighted by molar-refractivity contribution is -0.144. The highest BCUT2D eigenvalue weighted by molar-refractivity contribution is 5.95. The fourth-order valence-electron chi connectivity index (χ4n) is 5.52. The van der Waals surface area contributed by atoms with Crippen molar-refractivity contribution < 1.29 is 28.7 Å². The molecule has 39 heavy (non-hydrogen) atoms. The molecule has 4 N–H and O–H groups in total. The molecule has 3 heterocycles. The third kappa shape index (κ3) is 7.14. The molecule has 3 fully saturated rings. The number of nitrogens with zero attached hydrogens (tertiary/aromatic N) is 1. The van der Waals surface area contributed by atoms with E-state index in [1.165, 1.54) is 0 Å². The number of amides is 4. The number of likely N-dealkylation sites (N-methyl/N-ethyl adjacent to an activating group) is 1. The minimum absolute atomic E-state index is 0.0131. The highest BCUT2D eigenvalue weighted by Crippen LogP contribution is 2.31. The summed E-state index contributed by atoms with van der Waals surface area (Å²) in [6.45, 7) is 2.21. The smallest absolute Gasteiger partial charge is 0.306 e. The summed E-state index contributed by atoms with van der Waals surface area (Å²) >= 11 is 0. The average Bonchev–Trinajstić information content (AvgIpc) is 3.55. The molecular weight excluding hydrogens is 502 g/mol. The Morgan fingerprint density at radius 1 is 1.05 bits per heavy atom. The van der Waals surface area contributed by atoms with E-state index in [0.29, 0.717) is 31.2 Å². The van der Waals surface area contributed by atoms with Gasteiger partial charge in [-0.3, -0.25) is 24.0 Å². The molecule has 0 saturated carbocycles. The van der Waals surface area contributed by atoms with Gasteiger partial charge in [-0.1, -0.05) is 25.0 Å².